The Kier molecular flexibility index (Phi) is 8.35. The monoisotopic (exact) mass is 570 g/mol. The predicted octanol–water partition coefficient (Wildman–Crippen LogP) is 4.39. The highest BCUT2D eigenvalue weighted by molar-refractivity contribution is 7.07. The van der Waals surface area contributed by atoms with Gasteiger partial charge in [-0.25, -0.2) is 9.79 Å². The molecule has 5 rings (SSSR count). The summed E-state index contributed by atoms with van der Waals surface area (Å²) in [4.78, 5) is 32.3. The van der Waals surface area contributed by atoms with Crippen molar-refractivity contribution in [2.45, 2.75) is 26.5 Å². The van der Waals surface area contributed by atoms with Crippen LogP contribution < -0.4 is 29.1 Å². The number of carbonyl (C=O) groups is 1. The number of hydrogen-bond donors (Lipinski definition) is 0. The minimum Gasteiger partial charge on any atom is -0.497 e. The second-order valence-electron chi connectivity index (χ2n) is 9.26. The number of ether oxygens (including phenoxy) is 4. The quantitative estimate of drug-likeness (QED) is 0.277. The molecule has 3 aromatic carbocycles. The molecule has 0 bridgehead atoms. The highest BCUT2D eigenvalue weighted by atomic mass is 32.1. The molecule has 0 spiro atoms. The second-order valence-corrected chi connectivity index (χ2v) is 10.3. The van der Waals surface area contributed by atoms with Gasteiger partial charge in [0.1, 0.15) is 29.9 Å². The molecule has 210 valence electrons. The van der Waals surface area contributed by atoms with Gasteiger partial charge in [0.05, 0.1) is 36.6 Å². The van der Waals surface area contributed by atoms with Crippen LogP contribution in [-0.4, -0.2) is 31.4 Å². The molecule has 1 atom stereocenters. The van der Waals surface area contributed by atoms with Gasteiger partial charge in [-0.3, -0.25) is 9.36 Å². The number of methoxy groups -OCH3 is 2. The number of aromatic nitrogens is 1. The number of carbonyl (C=O) groups excluding carboxylic acids is 1. The molecular weight excluding hydrogens is 540 g/mol. The summed E-state index contributed by atoms with van der Waals surface area (Å²) in [6.07, 6.45) is 1.81. The number of hydrogen-bond acceptors (Lipinski definition) is 8. The third-order valence-electron chi connectivity index (χ3n) is 6.65. The van der Waals surface area contributed by atoms with Gasteiger partial charge in [0, 0.05) is 5.56 Å². The normalized spacial score (nSPS) is 14.7. The molecule has 0 saturated carbocycles. The molecule has 1 aromatic heterocycles. The van der Waals surface area contributed by atoms with Gasteiger partial charge in [-0.05, 0) is 61.4 Å². The highest BCUT2D eigenvalue weighted by Gasteiger charge is 2.35. The summed E-state index contributed by atoms with van der Waals surface area (Å²) < 4.78 is 24.5. The zero-order chi connectivity index (χ0) is 28.9. The summed E-state index contributed by atoms with van der Waals surface area (Å²) in [6, 6.07) is 21.9. The van der Waals surface area contributed by atoms with Crippen molar-refractivity contribution in [3.8, 4) is 17.2 Å². The van der Waals surface area contributed by atoms with Crippen molar-refractivity contribution in [3.63, 3.8) is 0 Å². The van der Waals surface area contributed by atoms with E-state index in [1.54, 1.807) is 46.3 Å². The summed E-state index contributed by atoms with van der Waals surface area (Å²) in [6.45, 7) is 4.10. The maximum atomic E-state index is 14.0. The van der Waals surface area contributed by atoms with Crippen molar-refractivity contribution >= 4 is 23.4 Å². The lowest BCUT2D eigenvalue weighted by atomic mass is 9.94. The first-order valence-corrected chi connectivity index (χ1v) is 13.9. The van der Waals surface area contributed by atoms with Crippen molar-refractivity contribution in [2.24, 2.45) is 4.99 Å². The molecule has 1 aliphatic heterocycles. The number of esters is 1. The zero-order valence-corrected chi connectivity index (χ0v) is 24.1. The van der Waals surface area contributed by atoms with Crippen molar-refractivity contribution < 1.29 is 23.7 Å². The van der Waals surface area contributed by atoms with Crippen LogP contribution in [0.3, 0.4) is 0 Å². The molecule has 2 heterocycles. The lowest BCUT2D eigenvalue weighted by molar-refractivity contribution is -0.139. The second kappa shape index (κ2) is 12.3. The van der Waals surface area contributed by atoms with Crippen LogP contribution in [0.25, 0.3) is 6.08 Å². The fourth-order valence-electron chi connectivity index (χ4n) is 4.73. The van der Waals surface area contributed by atoms with E-state index in [2.05, 4.69) is 4.99 Å². The Bertz CT molecular complexity index is 1790. The largest absolute Gasteiger partial charge is 0.497 e. The van der Waals surface area contributed by atoms with Gasteiger partial charge in [-0.15, -0.1) is 0 Å². The van der Waals surface area contributed by atoms with Gasteiger partial charge in [-0.2, -0.15) is 0 Å². The van der Waals surface area contributed by atoms with Crippen LogP contribution in [0.2, 0.25) is 0 Å². The van der Waals surface area contributed by atoms with Crippen molar-refractivity contribution in [2.75, 3.05) is 20.8 Å². The van der Waals surface area contributed by atoms with Gasteiger partial charge in [-0.1, -0.05) is 53.8 Å². The highest BCUT2D eigenvalue weighted by Crippen LogP contribution is 2.37. The van der Waals surface area contributed by atoms with E-state index < -0.39 is 12.0 Å². The fourth-order valence-corrected chi connectivity index (χ4v) is 5.77. The molecule has 0 aliphatic carbocycles. The Hall–Kier alpha value is -4.63. The SMILES string of the molecule is CCOC(=O)C1=C(C)N=c2s/c(=C/c3cccc(OCc4ccccc4)c3)c(=O)n2[C@@H]1c1cc(OC)ccc1OC. The lowest BCUT2D eigenvalue weighted by Crippen LogP contribution is -2.40. The first kappa shape index (κ1) is 27.9. The van der Waals surface area contributed by atoms with Crippen LogP contribution in [0, 0.1) is 0 Å². The van der Waals surface area contributed by atoms with E-state index in [0.717, 1.165) is 11.1 Å². The van der Waals surface area contributed by atoms with E-state index in [9.17, 15) is 9.59 Å². The number of allylic oxidation sites excluding steroid dienone is 1. The van der Waals surface area contributed by atoms with Crippen molar-refractivity contribution in [3.05, 3.63) is 120 Å². The Morgan fingerprint density at radius 2 is 1.80 bits per heavy atom. The molecule has 0 radical (unpaired) electrons. The summed E-state index contributed by atoms with van der Waals surface area (Å²) in [5, 5.41) is 0. The molecule has 0 fully saturated rings. The Labute approximate surface area is 241 Å². The number of nitrogens with zero attached hydrogens (tertiary/aromatic N) is 2. The van der Waals surface area contributed by atoms with Crippen molar-refractivity contribution in [1.82, 2.24) is 4.57 Å². The average Bonchev–Trinajstić information content (AvgIpc) is 3.29. The van der Waals surface area contributed by atoms with Crippen LogP contribution in [-0.2, 0) is 16.1 Å². The Morgan fingerprint density at radius 3 is 2.54 bits per heavy atom. The third kappa shape index (κ3) is 5.81. The van der Waals surface area contributed by atoms with Crippen LogP contribution in [0.15, 0.2) is 93.9 Å². The topological polar surface area (TPSA) is 88.4 Å². The Balaban J connectivity index is 1.61. The average molecular weight is 571 g/mol. The summed E-state index contributed by atoms with van der Waals surface area (Å²) in [7, 11) is 3.10. The number of fused-ring (bicyclic) bond motifs is 1. The minimum absolute atomic E-state index is 0.185. The van der Waals surface area contributed by atoms with Crippen LogP contribution >= 0.6 is 11.3 Å². The van der Waals surface area contributed by atoms with Crippen LogP contribution in [0.4, 0.5) is 0 Å². The van der Waals surface area contributed by atoms with E-state index in [1.165, 1.54) is 15.9 Å². The standard InChI is InChI=1S/C32H30N2O6S/c1-5-39-31(36)28-20(2)33-32-34(29(28)25-18-23(37-3)14-15-26(25)38-4)30(35)27(41-32)17-22-12-9-13-24(16-22)40-19-21-10-7-6-8-11-21/h6-18,29H,5,19H2,1-4H3/b27-17+/t29-/m1/s1. The van der Waals surface area contributed by atoms with Gasteiger partial charge in [0.25, 0.3) is 5.56 Å². The van der Waals surface area contributed by atoms with Gasteiger partial charge in [0.2, 0.25) is 0 Å². The molecule has 0 N–H and O–H groups in total. The lowest BCUT2D eigenvalue weighted by Gasteiger charge is -2.26. The van der Waals surface area contributed by atoms with E-state index in [4.69, 9.17) is 18.9 Å². The predicted molar refractivity (Wildman–Crippen MR) is 157 cm³/mol. The minimum atomic E-state index is -0.821. The summed E-state index contributed by atoms with van der Waals surface area (Å²) >= 11 is 1.25. The number of rotatable bonds is 9. The van der Waals surface area contributed by atoms with E-state index in [0.29, 0.717) is 44.4 Å². The molecular formula is C32H30N2O6S. The molecule has 1 aliphatic rings. The van der Waals surface area contributed by atoms with Crippen LogP contribution in [0.5, 0.6) is 17.2 Å². The third-order valence-corrected chi connectivity index (χ3v) is 7.64. The number of benzene rings is 3. The number of thiazole rings is 1. The van der Waals surface area contributed by atoms with Crippen molar-refractivity contribution in [1.29, 1.82) is 0 Å². The van der Waals surface area contributed by atoms with Crippen LogP contribution in [0.1, 0.15) is 36.6 Å². The summed E-state index contributed by atoms with van der Waals surface area (Å²) in [5.74, 6) is 1.22. The van der Waals surface area contributed by atoms with Gasteiger partial charge < -0.3 is 18.9 Å². The van der Waals surface area contributed by atoms with Gasteiger partial charge >= 0.3 is 5.97 Å². The van der Waals surface area contributed by atoms with Gasteiger partial charge in [0.15, 0.2) is 4.80 Å². The first-order valence-electron chi connectivity index (χ1n) is 13.1. The van der Waals surface area contributed by atoms with E-state index in [-0.39, 0.29) is 17.7 Å². The molecule has 0 unspecified atom stereocenters. The smallest absolute Gasteiger partial charge is 0.338 e. The molecule has 0 amide bonds. The maximum absolute atomic E-state index is 14.0. The molecule has 8 nitrogen and oxygen atoms in total. The van der Waals surface area contributed by atoms with E-state index in [1.807, 2.05) is 60.7 Å². The molecule has 0 saturated heterocycles. The van der Waals surface area contributed by atoms with E-state index >= 15 is 0 Å². The zero-order valence-electron chi connectivity index (χ0n) is 23.2. The maximum Gasteiger partial charge on any atom is 0.338 e. The molecule has 41 heavy (non-hydrogen) atoms. The Morgan fingerprint density at radius 1 is 1.00 bits per heavy atom. The fraction of sp³-hybridized carbons (Fsp3) is 0.219. The molecule has 4 aromatic rings. The summed E-state index contributed by atoms with van der Waals surface area (Å²) in [5.41, 5.74) is 2.92. The molecule has 9 heteroatoms. The first-order chi connectivity index (χ1) is 19.9.